The summed E-state index contributed by atoms with van der Waals surface area (Å²) in [6.45, 7) is 6.35. The van der Waals surface area contributed by atoms with Crippen LogP contribution in [0.2, 0.25) is 5.02 Å². The predicted molar refractivity (Wildman–Crippen MR) is 113 cm³/mol. The number of nitrogens with zero attached hydrogens (tertiary/aromatic N) is 2. The Hall–Kier alpha value is -3.26. The quantitative estimate of drug-likeness (QED) is 0.408. The first-order valence-corrected chi connectivity index (χ1v) is 10.1. The summed E-state index contributed by atoms with van der Waals surface area (Å²) >= 11 is 5.87. The van der Waals surface area contributed by atoms with Gasteiger partial charge in [0.15, 0.2) is 11.9 Å². The molecule has 0 aliphatic heterocycles. The number of aromatic amines is 1. The highest BCUT2D eigenvalue weighted by Gasteiger charge is 2.26. The van der Waals surface area contributed by atoms with E-state index in [1.165, 1.54) is 13.8 Å². The van der Waals surface area contributed by atoms with Gasteiger partial charge in [0, 0.05) is 28.3 Å². The van der Waals surface area contributed by atoms with Crippen LogP contribution in [0.5, 0.6) is 0 Å². The Morgan fingerprint density at radius 2 is 1.87 bits per heavy atom. The van der Waals surface area contributed by atoms with Gasteiger partial charge in [-0.25, -0.2) is 0 Å². The van der Waals surface area contributed by atoms with Crippen LogP contribution in [0.25, 0.3) is 11.4 Å². The number of H-pyrrole nitrogens is 1. The van der Waals surface area contributed by atoms with Crippen LogP contribution in [0, 0.1) is 13.8 Å². The molecule has 31 heavy (non-hydrogen) atoms. The van der Waals surface area contributed by atoms with Gasteiger partial charge in [0.05, 0.1) is 12.1 Å². The number of ether oxygens (including phenoxy) is 1. The molecule has 0 saturated carbocycles. The molecule has 0 aliphatic carbocycles. The molecule has 0 bridgehead atoms. The fraction of sp³-hybridized carbons (Fsp3) is 0.318. The molecule has 3 rings (SSSR count). The molecule has 0 spiro atoms. The fourth-order valence-electron chi connectivity index (χ4n) is 3.32. The van der Waals surface area contributed by atoms with E-state index in [4.69, 9.17) is 20.9 Å². The normalized spacial score (nSPS) is 11.9. The summed E-state index contributed by atoms with van der Waals surface area (Å²) in [5.74, 6) is -0.429. The smallest absolute Gasteiger partial charge is 0.307 e. The zero-order valence-corrected chi connectivity index (χ0v) is 18.4. The van der Waals surface area contributed by atoms with Crippen molar-refractivity contribution in [3.63, 3.8) is 0 Å². The van der Waals surface area contributed by atoms with Crippen molar-refractivity contribution in [1.82, 2.24) is 15.1 Å². The molecule has 0 aliphatic rings. The van der Waals surface area contributed by atoms with Crippen LogP contribution >= 0.6 is 11.6 Å². The minimum atomic E-state index is -1.00. The highest BCUT2D eigenvalue weighted by Crippen LogP contribution is 2.21. The number of halogens is 1. The Bertz CT molecular complexity index is 1130. The Balaban J connectivity index is 1.57. The molecule has 8 nitrogen and oxygen atoms in total. The van der Waals surface area contributed by atoms with Crippen molar-refractivity contribution >= 4 is 29.1 Å². The van der Waals surface area contributed by atoms with E-state index in [-0.39, 0.29) is 30.2 Å². The van der Waals surface area contributed by atoms with Crippen LogP contribution in [0.15, 0.2) is 28.8 Å². The molecular weight excluding hydrogens is 422 g/mol. The third kappa shape index (κ3) is 5.08. The van der Waals surface area contributed by atoms with E-state index in [0.717, 1.165) is 5.56 Å². The maximum absolute atomic E-state index is 12.7. The SMILES string of the molecule is CC(=O)c1c(C)[nH]c(C(=O)C(C)OC(=O)CCc2nc(-c3ccc(Cl)cc3)no2)c1C. The molecule has 1 atom stereocenters. The van der Waals surface area contributed by atoms with E-state index < -0.39 is 17.9 Å². The molecule has 0 amide bonds. The minimum Gasteiger partial charge on any atom is -0.454 e. The molecule has 9 heteroatoms. The van der Waals surface area contributed by atoms with Crippen LogP contribution in [0.1, 0.15) is 58.3 Å². The molecule has 1 aromatic carbocycles. The number of nitrogens with one attached hydrogen (secondary N) is 1. The molecule has 162 valence electrons. The maximum Gasteiger partial charge on any atom is 0.307 e. The van der Waals surface area contributed by atoms with Crippen molar-refractivity contribution in [3.05, 3.63) is 57.7 Å². The third-order valence-corrected chi connectivity index (χ3v) is 5.08. The minimum absolute atomic E-state index is 0.0265. The lowest BCUT2D eigenvalue weighted by Gasteiger charge is -2.11. The van der Waals surface area contributed by atoms with Crippen molar-refractivity contribution in [1.29, 1.82) is 0 Å². The van der Waals surface area contributed by atoms with Crippen LogP contribution in [-0.2, 0) is 16.0 Å². The summed E-state index contributed by atoms with van der Waals surface area (Å²) in [6, 6.07) is 6.96. The first-order chi connectivity index (χ1) is 14.7. The van der Waals surface area contributed by atoms with Gasteiger partial charge in [-0.3, -0.25) is 14.4 Å². The third-order valence-electron chi connectivity index (χ3n) is 4.83. The van der Waals surface area contributed by atoms with Gasteiger partial charge < -0.3 is 14.2 Å². The summed E-state index contributed by atoms with van der Waals surface area (Å²) in [4.78, 5) is 43.8. The summed E-state index contributed by atoms with van der Waals surface area (Å²) in [5, 5.41) is 4.49. The monoisotopic (exact) mass is 443 g/mol. The molecule has 3 aromatic rings. The van der Waals surface area contributed by atoms with E-state index in [0.29, 0.717) is 27.7 Å². The molecular formula is C22H22ClN3O5. The van der Waals surface area contributed by atoms with Crippen molar-refractivity contribution in [2.45, 2.75) is 46.6 Å². The Morgan fingerprint density at radius 1 is 1.19 bits per heavy atom. The number of hydrogen-bond donors (Lipinski definition) is 1. The summed E-state index contributed by atoms with van der Waals surface area (Å²) in [7, 11) is 0. The molecule has 0 saturated heterocycles. The Kier molecular flexibility index (Phi) is 6.70. The number of Topliss-reactive ketones (excluding diaryl/α,β-unsaturated/α-hetero) is 2. The number of carbonyl (C=O) groups is 3. The molecule has 2 heterocycles. The second kappa shape index (κ2) is 9.26. The number of ketones is 2. The van der Waals surface area contributed by atoms with Crippen LogP contribution < -0.4 is 0 Å². The topological polar surface area (TPSA) is 115 Å². The Morgan fingerprint density at radius 3 is 2.48 bits per heavy atom. The second-order valence-electron chi connectivity index (χ2n) is 7.20. The number of benzene rings is 1. The highest BCUT2D eigenvalue weighted by molar-refractivity contribution is 6.30. The van der Waals surface area contributed by atoms with E-state index in [2.05, 4.69) is 15.1 Å². The van der Waals surface area contributed by atoms with Gasteiger partial charge in [0.25, 0.3) is 0 Å². The lowest BCUT2D eigenvalue weighted by molar-refractivity contribution is -0.146. The second-order valence-corrected chi connectivity index (χ2v) is 7.63. The maximum atomic E-state index is 12.7. The van der Waals surface area contributed by atoms with Gasteiger partial charge in [-0.2, -0.15) is 4.98 Å². The first kappa shape index (κ1) is 22.4. The molecule has 0 fully saturated rings. The van der Waals surface area contributed by atoms with Gasteiger partial charge in [-0.05, 0) is 57.5 Å². The van der Waals surface area contributed by atoms with Gasteiger partial charge in [0.1, 0.15) is 0 Å². The standard InChI is InChI=1S/C22H22ClN3O5/c1-11-19(13(3)27)12(2)24-20(11)21(29)14(4)30-18(28)10-9-17-25-22(26-31-17)15-5-7-16(23)8-6-15/h5-8,14,24H,9-10H2,1-4H3. The number of carbonyl (C=O) groups excluding carboxylic acids is 3. The average molecular weight is 444 g/mol. The molecule has 0 radical (unpaired) electrons. The van der Waals surface area contributed by atoms with Gasteiger partial charge in [-0.15, -0.1) is 0 Å². The molecule has 2 aromatic heterocycles. The number of aromatic nitrogens is 3. The van der Waals surface area contributed by atoms with Crippen molar-refractivity contribution < 1.29 is 23.6 Å². The van der Waals surface area contributed by atoms with E-state index in [1.54, 1.807) is 38.1 Å². The largest absolute Gasteiger partial charge is 0.454 e. The van der Waals surface area contributed by atoms with Crippen molar-refractivity contribution in [2.75, 3.05) is 0 Å². The lowest BCUT2D eigenvalue weighted by Crippen LogP contribution is -2.25. The van der Waals surface area contributed by atoms with Gasteiger partial charge >= 0.3 is 5.97 Å². The van der Waals surface area contributed by atoms with E-state index in [1.807, 2.05) is 0 Å². The fourth-order valence-corrected chi connectivity index (χ4v) is 3.44. The van der Waals surface area contributed by atoms with E-state index >= 15 is 0 Å². The van der Waals surface area contributed by atoms with E-state index in [9.17, 15) is 14.4 Å². The number of hydrogen-bond acceptors (Lipinski definition) is 7. The zero-order chi connectivity index (χ0) is 22.7. The van der Waals surface area contributed by atoms with Crippen LogP contribution in [-0.4, -0.2) is 38.8 Å². The first-order valence-electron chi connectivity index (χ1n) is 9.69. The van der Waals surface area contributed by atoms with Crippen LogP contribution in [0.3, 0.4) is 0 Å². The number of esters is 1. The van der Waals surface area contributed by atoms with Crippen molar-refractivity contribution in [3.8, 4) is 11.4 Å². The number of rotatable bonds is 8. The zero-order valence-electron chi connectivity index (χ0n) is 17.6. The Labute approximate surface area is 183 Å². The average Bonchev–Trinajstić information content (AvgIpc) is 3.30. The summed E-state index contributed by atoms with van der Waals surface area (Å²) in [5.41, 5.74) is 2.66. The van der Waals surface area contributed by atoms with Gasteiger partial charge in [-0.1, -0.05) is 16.8 Å². The number of aryl methyl sites for hydroxylation is 2. The van der Waals surface area contributed by atoms with Crippen molar-refractivity contribution in [2.24, 2.45) is 0 Å². The lowest BCUT2D eigenvalue weighted by atomic mass is 10.0. The molecule has 1 N–H and O–H groups in total. The predicted octanol–water partition coefficient (Wildman–Crippen LogP) is 4.28. The molecule has 1 unspecified atom stereocenters. The van der Waals surface area contributed by atoms with Crippen LogP contribution in [0.4, 0.5) is 0 Å². The summed E-state index contributed by atoms with van der Waals surface area (Å²) < 4.78 is 10.4. The van der Waals surface area contributed by atoms with Gasteiger partial charge in [0.2, 0.25) is 17.5 Å². The highest BCUT2D eigenvalue weighted by atomic mass is 35.5. The summed E-state index contributed by atoms with van der Waals surface area (Å²) in [6.07, 6.45) is -0.854.